The van der Waals surface area contributed by atoms with Crippen molar-refractivity contribution in [2.75, 3.05) is 18.4 Å². The molecule has 0 aliphatic heterocycles. The Bertz CT molecular complexity index is 1330. The Morgan fingerprint density at radius 3 is 2.41 bits per heavy atom. The molecule has 1 N–H and O–H groups in total. The highest BCUT2D eigenvalue weighted by atomic mass is 32.2. The van der Waals surface area contributed by atoms with Crippen molar-refractivity contribution in [3.8, 4) is 0 Å². The summed E-state index contributed by atoms with van der Waals surface area (Å²) in [6.45, 7) is 3.86. The largest absolute Gasteiger partial charge is 0.325 e. The van der Waals surface area contributed by atoms with E-state index in [0.29, 0.717) is 18.8 Å². The van der Waals surface area contributed by atoms with Gasteiger partial charge in [0.1, 0.15) is 6.54 Å². The van der Waals surface area contributed by atoms with Crippen LogP contribution in [0.15, 0.2) is 58.5 Å². The number of carbonyl (C=O) groups is 1. The molecule has 12 heteroatoms. The van der Waals surface area contributed by atoms with Gasteiger partial charge in [0.25, 0.3) is 11.2 Å². The van der Waals surface area contributed by atoms with E-state index in [1.165, 1.54) is 46.8 Å². The summed E-state index contributed by atoms with van der Waals surface area (Å²) in [5, 5.41) is 13.6. The lowest BCUT2D eigenvalue weighted by Gasteiger charge is -2.18. The van der Waals surface area contributed by atoms with Crippen molar-refractivity contribution in [3.63, 3.8) is 0 Å². The number of nitrogens with one attached hydrogen (secondary N) is 1. The van der Waals surface area contributed by atoms with E-state index in [2.05, 4.69) is 10.3 Å². The molecule has 2 aromatic carbocycles. The molecule has 1 amide bonds. The number of nitrogens with zero attached hydrogens (tertiary/aromatic N) is 4. The average Bonchev–Trinajstić information content (AvgIpc) is 2.76. The maximum Gasteiger partial charge on any atom is 0.271 e. The molecular formula is C20H21N5O6S. The van der Waals surface area contributed by atoms with E-state index in [4.69, 9.17) is 0 Å². The summed E-state index contributed by atoms with van der Waals surface area (Å²) >= 11 is 0. The second-order valence-corrected chi connectivity index (χ2v) is 8.74. The lowest BCUT2D eigenvalue weighted by molar-refractivity contribution is -0.384. The summed E-state index contributed by atoms with van der Waals surface area (Å²) in [6, 6.07) is 9.42. The van der Waals surface area contributed by atoms with Gasteiger partial charge in [-0.25, -0.2) is 13.4 Å². The lowest BCUT2D eigenvalue weighted by Crippen LogP contribution is -2.30. The number of hydrogen-bond acceptors (Lipinski definition) is 7. The molecule has 11 nitrogen and oxygen atoms in total. The number of amides is 1. The monoisotopic (exact) mass is 459 g/mol. The summed E-state index contributed by atoms with van der Waals surface area (Å²) in [6.07, 6.45) is 1.15. The van der Waals surface area contributed by atoms with Crippen molar-refractivity contribution in [2.24, 2.45) is 0 Å². The summed E-state index contributed by atoms with van der Waals surface area (Å²) < 4.78 is 27.5. The zero-order valence-corrected chi connectivity index (χ0v) is 18.2. The van der Waals surface area contributed by atoms with Gasteiger partial charge in [0.15, 0.2) is 0 Å². The third-order valence-corrected chi connectivity index (χ3v) is 6.88. The number of carbonyl (C=O) groups excluding carboxylic acids is 1. The summed E-state index contributed by atoms with van der Waals surface area (Å²) in [7, 11) is -3.61. The third kappa shape index (κ3) is 4.65. The zero-order valence-electron chi connectivity index (χ0n) is 17.4. The highest BCUT2D eigenvalue weighted by molar-refractivity contribution is 7.89. The molecule has 168 valence electrons. The number of anilines is 1. The van der Waals surface area contributed by atoms with Crippen molar-refractivity contribution in [2.45, 2.75) is 25.3 Å². The van der Waals surface area contributed by atoms with E-state index < -0.39 is 26.4 Å². The van der Waals surface area contributed by atoms with Gasteiger partial charge in [-0.05, 0) is 30.3 Å². The van der Waals surface area contributed by atoms with Crippen LogP contribution in [0, 0.1) is 10.1 Å². The fraction of sp³-hybridized carbons (Fsp3) is 0.250. The van der Waals surface area contributed by atoms with Gasteiger partial charge in [-0.1, -0.05) is 13.8 Å². The Kier molecular flexibility index (Phi) is 6.65. The Morgan fingerprint density at radius 1 is 1.16 bits per heavy atom. The van der Waals surface area contributed by atoms with Gasteiger partial charge in [0, 0.05) is 30.9 Å². The fourth-order valence-electron chi connectivity index (χ4n) is 3.15. The van der Waals surface area contributed by atoms with E-state index in [1.54, 1.807) is 13.8 Å². The molecular weight excluding hydrogens is 438 g/mol. The Hall–Kier alpha value is -3.64. The van der Waals surface area contributed by atoms with Crippen LogP contribution in [0.2, 0.25) is 0 Å². The Morgan fingerprint density at radius 2 is 1.81 bits per heavy atom. The maximum absolute atomic E-state index is 12.6. The van der Waals surface area contributed by atoms with Crippen LogP contribution in [-0.2, 0) is 21.4 Å². The number of sulfonamides is 1. The van der Waals surface area contributed by atoms with Crippen molar-refractivity contribution in [3.05, 3.63) is 69.3 Å². The van der Waals surface area contributed by atoms with E-state index in [0.717, 1.165) is 10.9 Å². The van der Waals surface area contributed by atoms with Gasteiger partial charge in [0.05, 0.1) is 27.0 Å². The van der Waals surface area contributed by atoms with Crippen LogP contribution in [0.5, 0.6) is 0 Å². The predicted octanol–water partition coefficient (Wildman–Crippen LogP) is 1.97. The predicted molar refractivity (Wildman–Crippen MR) is 118 cm³/mol. The molecule has 3 rings (SSSR count). The molecule has 0 radical (unpaired) electrons. The van der Waals surface area contributed by atoms with Crippen LogP contribution in [0.25, 0.3) is 10.9 Å². The summed E-state index contributed by atoms with van der Waals surface area (Å²) in [4.78, 5) is 39.4. The second-order valence-electron chi connectivity index (χ2n) is 6.80. The molecule has 0 saturated heterocycles. The minimum atomic E-state index is -3.61. The minimum Gasteiger partial charge on any atom is -0.325 e. The minimum absolute atomic E-state index is 0.114. The first-order chi connectivity index (χ1) is 15.2. The van der Waals surface area contributed by atoms with Crippen LogP contribution in [0.3, 0.4) is 0 Å². The molecule has 0 aliphatic rings. The normalized spacial score (nSPS) is 11.6. The number of hydrogen-bond donors (Lipinski definition) is 1. The van der Waals surface area contributed by atoms with Gasteiger partial charge in [0.2, 0.25) is 15.9 Å². The first-order valence-corrected chi connectivity index (χ1v) is 11.1. The van der Waals surface area contributed by atoms with Crippen molar-refractivity contribution < 1.29 is 18.1 Å². The topological polar surface area (TPSA) is 145 Å². The van der Waals surface area contributed by atoms with Gasteiger partial charge in [-0.3, -0.25) is 24.3 Å². The molecule has 0 unspecified atom stereocenters. The molecule has 1 heterocycles. The number of non-ortho nitro benzene ring substituents is 1. The number of fused-ring (bicyclic) bond motifs is 1. The standard InChI is InChI=1S/C20H21N5O6S/c1-3-24(4-2)32(30,31)16-8-5-14(6-9-16)22-19(26)12-23-13-21-18-11-15(25(28)29)7-10-17(18)20(23)27/h5-11,13H,3-4,12H2,1-2H3,(H,22,26). The number of rotatable bonds is 8. The summed E-state index contributed by atoms with van der Waals surface area (Å²) in [5.41, 5.74) is -0.177. The van der Waals surface area contributed by atoms with Crippen LogP contribution in [0.1, 0.15) is 13.8 Å². The second kappa shape index (κ2) is 9.24. The number of nitro groups is 1. The van der Waals surface area contributed by atoms with Crippen molar-refractivity contribution in [1.29, 1.82) is 0 Å². The van der Waals surface area contributed by atoms with Gasteiger partial charge in [-0.2, -0.15) is 4.31 Å². The maximum atomic E-state index is 12.6. The first-order valence-electron chi connectivity index (χ1n) is 9.71. The lowest BCUT2D eigenvalue weighted by atomic mass is 10.2. The zero-order chi connectivity index (χ0) is 23.5. The van der Waals surface area contributed by atoms with E-state index in [1.807, 2.05) is 0 Å². The number of aromatic nitrogens is 2. The van der Waals surface area contributed by atoms with Crippen molar-refractivity contribution in [1.82, 2.24) is 13.9 Å². The van der Waals surface area contributed by atoms with Crippen LogP contribution in [0.4, 0.5) is 11.4 Å². The van der Waals surface area contributed by atoms with E-state index >= 15 is 0 Å². The van der Waals surface area contributed by atoms with Gasteiger partial charge in [-0.15, -0.1) is 0 Å². The first kappa shape index (κ1) is 23.0. The number of nitro benzene ring substituents is 1. The number of benzene rings is 2. The van der Waals surface area contributed by atoms with Crippen LogP contribution >= 0.6 is 0 Å². The average molecular weight is 459 g/mol. The van der Waals surface area contributed by atoms with E-state index in [-0.39, 0.29) is 28.0 Å². The van der Waals surface area contributed by atoms with Crippen LogP contribution in [-0.4, -0.2) is 46.2 Å². The molecule has 0 saturated carbocycles. The van der Waals surface area contributed by atoms with Crippen LogP contribution < -0.4 is 10.9 Å². The molecule has 32 heavy (non-hydrogen) atoms. The SMILES string of the molecule is CCN(CC)S(=O)(=O)c1ccc(NC(=O)Cn2cnc3cc([N+](=O)[O-])ccc3c2=O)cc1. The molecule has 0 spiro atoms. The highest BCUT2D eigenvalue weighted by Gasteiger charge is 2.21. The molecule has 0 bridgehead atoms. The molecule has 1 aromatic heterocycles. The quantitative estimate of drug-likeness (QED) is 0.400. The smallest absolute Gasteiger partial charge is 0.271 e. The summed E-state index contributed by atoms with van der Waals surface area (Å²) in [5.74, 6) is -0.519. The molecule has 0 atom stereocenters. The van der Waals surface area contributed by atoms with Gasteiger partial charge >= 0.3 is 0 Å². The van der Waals surface area contributed by atoms with E-state index in [9.17, 15) is 28.1 Å². The van der Waals surface area contributed by atoms with Gasteiger partial charge < -0.3 is 5.32 Å². The van der Waals surface area contributed by atoms with Crippen molar-refractivity contribution >= 4 is 38.2 Å². The Balaban J connectivity index is 1.75. The molecule has 0 aliphatic carbocycles. The fourth-order valence-corrected chi connectivity index (χ4v) is 4.61. The molecule has 3 aromatic rings. The third-order valence-electron chi connectivity index (χ3n) is 4.81. The highest BCUT2D eigenvalue weighted by Crippen LogP contribution is 2.19. The molecule has 0 fully saturated rings. The Labute approximate surface area is 183 Å².